The number of amides is 1. The number of likely N-dealkylation sites (tertiary alicyclic amines) is 1. The fourth-order valence-electron chi connectivity index (χ4n) is 3.40. The Morgan fingerprint density at radius 1 is 1.26 bits per heavy atom. The van der Waals surface area contributed by atoms with Crippen LogP contribution in [0.25, 0.3) is 0 Å². The monoisotopic (exact) mass is 372 g/mol. The molecule has 2 aromatic carbocycles. The molecule has 0 radical (unpaired) electrons. The Kier molecular flexibility index (Phi) is 5.96. The number of hydrogen-bond donors (Lipinski definition) is 2. The first kappa shape index (κ1) is 19.2. The number of piperidine rings is 1. The second kappa shape index (κ2) is 8.39. The summed E-state index contributed by atoms with van der Waals surface area (Å²) in [7, 11) is 1.45. The number of nitrogens with zero attached hydrogens (tertiary/aromatic N) is 1. The number of aromatic hydroxyl groups is 1. The van der Waals surface area contributed by atoms with E-state index >= 15 is 0 Å². The normalized spacial score (nSPS) is 15.5. The maximum Gasteiger partial charge on any atom is 0.255 e. The van der Waals surface area contributed by atoms with Crippen molar-refractivity contribution in [1.82, 2.24) is 10.2 Å². The van der Waals surface area contributed by atoms with E-state index in [1.54, 1.807) is 18.2 Å². The lowest BCUT2D eigenvalue weighted by Gasteiger charge is -2.32. The van der Waals surface area contributed by atoms with E-state index in [0.29, 0.717) is 12.1 Å². The topological polar surface area (TPSA) is 61.8 Å². The van der Waals surface area contributed by atoms with E-state index in [-0.39, 0.29) is 29.3 Å². The Bertz CT molecular complexity index is 817. The molecule has 0 aliphatic carbocycles. The third-order valence-electron chi connectivity index (χ3n) is 4.94. The summed E-state index contributed by atoms with van der Waals surface area (Å²) in [6.45, 7) is 4.17. The summed E-state index contributed by atoms with van der Waals surface area (Å²) in [5, 5.41) is 13.0. The molecule has 5 nitrogen and oxygen atoms in total. The maximum absolute atomic E-state index is 13.8. The van der Waals surface area contributed by atoms with Gasteiger partial charge in [0.05, 0.1) is 12.7 Å². The molecule has 1 fully saturated rings. The van der Waals surface area contributed by atoms with Crippen molar-refractivity contribution >= 4 is 5.91 Å². The molecule has 1 aliphatic rings. The molecule has 6 heteroatoms. The molecule has 0 spiro atoms. The van der Waals surface area contributed by atoms with Gasteiger partial charge in [0.25, 0.3) is 5.91 Å². The third-order valence-corrected chi connectivity index (χ3v) is 4.94. The first-order valence-electron chi connectivity index (χ1n) is 9.11. The van der Waals surface area contributed by atoms with Gasteiger partial charge in [-0.25, -0.2) is 4.39 Å². The number of methoxy groups -OCH3 is 1. The predicted molar refractivity (Wildman–Crippen MR) is 102 cm³/mol. The smallest absolute Gasteiger partial charge is 0.255 e. The van der Waals surface area contributed by atoms with E-state index in [1.807, 2.05) is 19.1 Å². The standard InChI is InChI=1S/C21H25FN2O3/c1-14-3-5-17(19(25)11-14)21(26)23-16-7-9-24(10-8-16)13-15-4-6-20(27-2)18(22)12-15/h3-6,11-12,16,25H,7-10,13H2,1-2H3,(H,23,26). The van der Waals surface area contributed by atoms with Crippen molar-refractivity contribution in [3.05, 3.63) is 58.9 Å². The molecule has 0 aromatic heterocycles. The predicted octanol–water partition coefficient (Wildman–Crippen LogP) is 3.24. The van der Waals surface area contributed by atoms with E-state index in [0.717, 1.165) is 37.1 Å². The number of carbonyl (C=O) groups excluding carboxylic acids is 1. The van der Waals surface area contributed by atoms with Gasteiger partial charge in [-0.15, -0.1) is 0 Å². The summed E-state index contributed by atoms with van der Waals surface area (Å²) in [5.74, 6) is -0.343. The Balaban J connectivity index is 1.51. The van der Waals surface area contributed by atoms with Gasteiger partial charge >= 0.3 is 0 Å². The number of ether oxygens (including phenoxy) is 1. The molecule has 1 saturated heterocycles. The van der Waals surface area contributed by atoms with E-state index in [4.69, 9.17) is 4.74 Å². The van der Waals surface area contributed by atoms with Gasteiger partial charge in [-0.2, -0.15) is 0 Å². The number of aryl methyl sites for hydroxylation is 1. The average molecular weight is 372 g/mol. The van der Waals surface area contributed by atoms with Crippen LogP contribution in [0.4, 0.5) is 4.39 Å². The van der Waals surface area contributed by atoms with Crippen LogP contribution < -0.4 is 10.1 Å². The van der Waals surface area contributed by atoms with Crippen molar-refractivity contribution in [3.63, 3.8) is 0 Å². The van der Waals surface area contributed by atoms with Gasteiger partial charge in [-0.3, -0.25) is 9.69 Å². The third kappa shape index (κ3) is 4.77. The molecule has 2 N–H and O–H groups in total. The molecule has 0 bridgehead atoms. The van der Waals surface area contributed by atoms with Gasteiger partial charge < -0.3 is 15.2 Å². The van der Waals surface area contributed by atoms with E-state index < -0.39 is 0 Å². The van der Waals surface area contributed by atoms with E-state index in [9.17, 15) is 14.3 Å². The molecule has 1 aliphatic heterocycles. The van der Waals surface area contributed by atoms with Crippen molar-refractivity contribution in [2.75, 3.05) is 20.2 Å². The van der Waals surface area contributed by atoms with Crippen molar-refractivity contribution in [2.24, 2.45) is 0 Å². The van der Waals surface area contributed by atoms with Crippen molar-refractivity contribution in [2.45, 2.75) is 32.4 Å². The summed E-state index contributed by atoms with van der Waals surface area (Å²) >= 11 is 0. The van der Waals surface area contributed by atoms with Gasteiger partial charge in [-0.05, 0) is 55.2 Å². The SMILES string of the molecule is COc1ccc(CN2CCC(NC(=O)c3ccc(C)cc3O)CC2)cc1F. The summed E-state index contributed by atoms with van der Waals surface area (Å²) < 4.78 is 18.8. The number of phenolic OH excluding ortho intramolecular Hbond substituents is 1. The van der Waals surface area contributed by atoms with Gasteiger partial charge in [0.15, 0.2) is 11.6 Å². The number of hydrogen-bond acceptors (Lipinski definition) is 4. The van der Waals surface area contributed by atoms with Crippen LogP contribution in [-0.4, -0.2) is 42.2 Å². The van der Waals surface area contributed by atoms with Gasteiger partial charge in [-0.1, -0.05) is 12.1 Å². The molecule has 0 unspecified atom stereocenters. The number of nitrogens with one attached hydrogen (secondary N) is 1. The fraction of sp³-hybridized carbons (Fsp3) is 0.381. The zero-order valence-electron chi connectivity index (χ0n) is 15.7. The molecule has 3 rings (SSSR count). The Morgan fingerprint density at radius 2 is 2.00 bits per heavy atom. The van der Waals surface area contributed by atoms with Crippen LogP contribution in [0.3, 0.4) is 0 Å². The summed E-state index contributed by atoms with van der Waals surface area (Å²) in [5.41, 5.74) is 2.12. The quantitative estimate of drug-likeness (QED) is 0.846. The highest BCUT2D eigenvalue weighted by Gasteiger charge is 2.22. The van der Waals surface area contributed by atoms with Crippen LogP contribution in [-0.2, 0) is 6.54 Å². The Labute approximate surface area is 158 Å². The van der Waals surface area contributed by atoms with E-state index in [1.165, 1.54) is 13.2 Å². The van der Waals surface area contributed by atoms with E-state index in [2.05, 4.69) is 10.2 Å². The van der Waals surface area contributed by atoms with Crippen LogP contribution in [0.15, 0.2) is 36.4 Å². The first-order valence-corrected chi connectivity index (χ1v) is 9.11. The van der Waals surface area contributed by atoms with Gasteiger partial charge in [0, 0.05) is 25.7 Å². The minimum atomic E-state index is -0.352. The fourth-order valence-corrected chi connectivity index (χ4v) is 3.40. The number of carbonyl (C=O) groups is 1. The second-order valence-electron chi connectivity index (χ2n) is 7.01. The summed E-state index contributed by atoms with van der Waals surface area (Å²) in [6.07, 6.45) is 1.63. The maximum atomic E-state index is 13.8. The number of halogens is 1. The van der Waals surface area contributed by atoms with Crippen LogP contribution in [0.5, 0.6) is 11.5 Å². The minimum absolute atomic E-state index is 0.00599. The largest absolute Gasteiger partial charge is 0.507 e. The highest BCUT2D eigenvalue weighted by molar-refractivity contribution is 5.97. The Hall–Kier alpha value is -2.60. The summed E-state index contributed by atoms with van der Waals surface area (Å²) in [4.78, 5) is 14.6. The van der Waals surface area contributed by atoms with Crippen LogP contribution in [0.1, 0.15) is 34.3 Å². The average Bonchev–Trinajstić information content (AvgIpc) is 2.63. The van der Waals surface area contributed by atoms with Gasteiger partial charge in [0.1, 0.15) is 5.75 Å². The lowest BCUT2D eigenvalue weighted by molar-refractivity contribution is 0.0906. The van der Waals surface area contributed by atoms with Crippen molar-refractivity contribution in [3.8, 4) is 11.5 Å². The summed E-state index contributed by atoms with van der Waals surface area (Å²) in [6, 6.07) is 10.1. The highest BCUT2D eigenvalue weighted by Crippen LogP contribution is 2.21. The lowest BCUT2D eigenvalue weighted by atomic mass is 10.0. The molecule has 1 amide bonds. The number of rotatable bonds is 5. The minimum Gasteiger partial charge on any atom is -0.507 e. The number of phenols is 1. The molecular formula is C21H25FN2O3. The molecule has 0 saturated carbocycles. The zero-order valence-corrected chi connectivity index (χ0v) is 15.7. The number of benzene rings is 2. The van der Waals surface area contributed by atoms with Crippen LogP contribution in [0, 0.1) is 12.7 Å². The molecule has 144 valence electrons. The molecular weight excluding hydrogens is 347 g/mol. The lowest BCUT2D eigenvalue weighted by Crippen LogP contribution is -2.44. The second-order valence-corrected chi connectivity index (χ2v) is 7.01. The molecule has 1 heterocycles. The Morgan fingerprint density at radius 3 is 2.63 bits per heavy atom. The zero-order chi connectivity index (χ0) is 19.4. The van der Waals surface area contributed by atoms with Crippen molar-refractivity contribution < 1.29 is 19.0 Å². The highest BCUT2D eigenvalue weighted by atomic mass is 19.1. The van der Waals surface area contributed by atoms with Gasteiger partial charge in [0.2, 0.25) is 0 Å². The van der Waals surface area contributed by atoms with Crippen LogP contribution >= 0.6 is 0 Å². The first-order chi connectivity index (χ1) is 13.0. The van der Waals surface area contributed by atoms with Crippen molar-refractivity contribution in [1.29, 1.82) is 0 Å². The molecule has 27 heavy (non-hydrogen) atoms. The van der Waals surface area contributed by atoms with Crippen LogP contribution in [0.2, 0.25) is 0 Å². The molecule has 2 aromatic rings. The molecule has 0 atom stereocenters.